The van der Waals surface area contributed by atoms with E-state index in [1.807, 2.05) is 6.92 Å². The van der Waals surface area contributed by atoms with Crippen molar-refractivity contribution < 1.29 is 4.79 Å². The summed E-state index contributed by atoms with van der Waals surface area (Å²) in [5, 5.41) is 3.35. The fourth-order valence-corrected chi connectivity index (χ4v) is 3.47. The first kappa shape index (κ1) is 12.8. The van der Waals surface area contributed by atoms with Gasteiger partial charge in [0, 0.05) is 6.04 Å². The highest BCUT2D eigenvalue weighted by molar-refractivity contribution is 5.84. The third-order valence-electron chi connectivity index (χ3n) is 4.37. The lowest BCUT2D eigenvalue weighted by Crippen LogP contribution is -2.60. The molecule has 2 fully saturated rings. The number of nitrogens with two attached hydrogens (primary N) is 1. The van der Waals surface area contributed by atoms with E-state index >= 15 is 0 Å². The number of likely N-dealkylation sites (N-methyl/N-ethyl adjacent to an activating group) is 1. The van der Waals surface area contributed by atoms with E-state index in [0.29, 0.717) is 6.04 Å². The summed E-state index contributed by atoms with van der Waals surface area (Å²) < 4.78 is 0. The standard InChI is InChI=1S/C13H25N3O/c1-2-15-13(12(14)17)7-5-6-11(10-13)16-8-3-4-9-16/h11,15H,2-10H2,1H3,(H2,14,17). The van der Waals surface area contributed by atoms with E-state index in [1.54, 1.807) is 0 Å². The highest BCUT2D eigenvalue weighted by atomic mass is 16.1. The third-order valence-corrected chi connectivity index (χ3v) is 4.37. The molecule has 0 aromatic carbocycles. The lowest BCUT2D eigenvalue weighted by molar-refractivity contribution is -0.126. The van der Waals surface area contributed by atoms with Crippen molar-refractivity contribution >= 4 is 5.91 Å². The monoisotopic (exact) mass is 239 g/mol. The molecule has 3 N–H and O–H groups in total. The Morgan fingerprint density at radius 1 is 1.41 bits per heavy atom. The molecule has 4 heteroatoms. The van der Waals surface area contributed by atoms with E-state index in [0.717, 1.165) is 25.8 Å². The van der Waals surface area contributed by atoms with E-state index in [2.05, 4.69) is 10.2 Å². The predicted octanol–water partition coefficient (Wildman–Crippen LogP) is 0.858. The van der Waals surface area contributed by atoms with Gasteiger partial charge in [0.05, 0.1) is 5.54 Å². The molecule has 1 aliphatic carbocycles. The molecule has 1 heterocycles. The Morgan fingerprint density at radius 2 is 2.12 bits per heavy atom. The first-order valence-electron chi connectivity index (χ1n) is 6.97. The fraction of sp³-hybridized carbons (Fsp3) is 0.923. The number of rotatable bonds is 4. The summed E-state index contributed by atoms with van der Waals surface area (Å²) in [5.74, 6) is -0.164. The Balaban J connectivity index is 2.05. The van der Waals surface area contributed by atoms with Gasteiger partial charge in [-0.3, -0.25) is 4.79 Å². The summed E-state index contributed by atoms with van der Waals surface area (Å²) in [6.45, 7) is 5.26. The minimum Gasteiger partial charge on any atom is -0.368 e. The van der Waals surface area contributed by atoms with Crippen LogP contribution in [0.3, 0.4) is 0 Å². The van der Waals surface area contributed by atoms with E-state index in [1.165, 1.54) is 32.4 Å². The maximum absolute atomic E-state index is 11.8. The number of hydrogen-bond donors (Lipinski definition) is 2. The molecule has 0 aromatic rings. The average Bonchev–Trinajstić information content (AvgIpc) is 2.83. The van der Waals surface area contributed by atoms with E-state index in [9.17, 15) is 4.79 Å². The summed E-state index contributed by atoms with van der Waals surface area (Å²) >= 11 is 0. The normalized spacial score (nSPS) is 35.0. The van der Waals surface area contributed by atoms with Crippen molar-refractivity contribution in [2.24, 2.45) is 5.73 Å². The molecule has 2 aliphatic rings. The van der Waals surface area contributed by atoms with Gasteiger partial charge in [-0.2, -0.15) is 0 Å². The molecule has 2 rings (SSSR count). The third kappa shape index (κ3) is 2.63. The van der Waals surface area contributed by atoms with Crippen molar-refractivity contribution in [2.45, 2.75) is 57.0 Å². The van der Waals surface area contributed by atoms with Gasteiger partial charge in [0.2, 0.25) is 5.91 Å². The number of hydrogen-bond acceptors (Lipinski definition) is 3. The van der Waals surface area contributed by atoms with Crippen LogP contribution in [0.15, 0.2) is 0 Å². The molecular formula is C13H25N3O. The first-order valence-corrected chi connectivity index (χ1v) is 6.97. The van der Waals surface area contributed by atoms with Crippen LogP contribution >= 0.6 is 0 Å². The molecule has 0 radical (unpaired) electrons. The van der Waals surface area contributed by atoms with Gasteiger partial charge in [-0.1, -0.05) is 6.92 Å². The van der Waals surface area contributed by atoms with Crippen molar-refractivity contribution in [2.75, 3.05) is 19.6 Å². The molecule has 98 valence electrons. The Kier molecular flexibility index (Phi) is 4.05. The van der Waals surface area contributed by atoms with Crippen molar-refractivity contribution in [3.8, 4) is 0 Å². The zero-order valence-electron chi connectivity index (χ0n) is 10.9. The molecule has 0 spiro atoms. The Morgan fingerprint density at radius 3 is 2.71 bits per heavy atom. The van der Waals surface area contributed by atoms with Gasteiger partial charge in [0.15, 0.2) is 0 Å². The lowest BCUT2D eigenvalue weighted by Gasteiger charge is -2.42. The Labute approximate surface area is 104 Å². The van der Waals surface area contributed by atoms with Gasteiger partial charge in [0.1, 0.15) is 0 Å². The first-order chi connectivity index (χ1) is 8.18. The van der Waals surface area contributed by atoms with Gasteiger partial charge in [-0.15, -0.1) is 0 Å². The summed E-state index contributed by atoms with van der Waals surface area (Å²) in [5.41, 5.74) is 5.19. The van der Waals surface area contributed by atoms with Crippen molar-refractivity contribution in [1.29, 1.82) is 0 Å². The van der Waals surface area contributed by atoms with Crippen molar-refractivity contribution in [1.82, 2.24) is 10.2 Å². The van der Waals surface area contributed by atoms with Gasteiger partial charge < -0.3 is 16.0 Å². The molecular weight excluding hydrogens is 214 g/mol. The van der Waals surface area contributed by atoms with Crippen LogP contribution < -0.4 is 11.1 Å². The Hall–Kier alpha value is -0.610. The number of nitrogens with one attached hydrogen (secondary N) is 1. The number of likely N-dealkylation sites (tertiary alicyclic amines) is 1. The quantitative estimate of drug-likeness (QED) is 0.765. The fourth-order valence-electron chi connectivity index (χ4n) is 3.47. The van der Waals surface area contributed by atoms with Crippen LogP contribution in [0.5, 0.6) is 0 Å². The topological polar surface area (TPSA) is 58.4 Å². The Bertz CT molecular complexity index is 272. The number of primary amides is 1. The number of nitrogens with zero attached hydrogens (tertiary/aromatic N) is 1. The zero-order valence-corrected chi connectivity index (χ0v) is 10.9. The minimum atomic E-state index is -0.444. The molecule has 0 aromatic heterocycles. The SMILES string of the molecule is CCNC1(C(N)=O)CCCC(N2CCCC2)C1. The second-order valence-electron chi connectivity index (χ2n) is 5.47. The molecule has 17 heavy (non-hydrogen) atoms. The summed E-state index contributed by atoms with van der Waals surface area (Å²) in [4.78, 5) is 14.3. The second kappa shape index (κ2) is 5.36. The highest BCUT2D eigenvalue weighted by Crippen LogP contribution is 2.32. The van der Waals surface area contributed by atoms with Crippen LogP contribution in [0, 0.1) is 0 Å². The molecule has 1 aliphatic heterocycles. The molecule has 2 atom stereocenters. The average molecular weight is 239 g/mol. The summed E-state index contributed by atoms with van der Waals surface area (Å²) in [7, 11) is 0. The van der Waals surface area contributed by atoms with Gasteiger partial charge in [0.25, 0.3) is 0 Å². The second-order valence-corrected chi connectivity index (χ2v) is 5.47. The number of carbonyl (C=O) groups excluding carboxylic acids is 1. The van der Waals surface area contributed by atoms with Gasteiger partial charge in [-0.25, -0.2) is 0 Å². The molecule has 1 saturated heterocycles. The minimum absolute atomic E-state index is 0.164. The van der Waals surface area contributed by atoms with Crippen molar-refractivity contribution in [3.63, 3.8) is 0 Å². The molecule has 0 bridgehead atoms. The predicted molar refractivity (Wildman–Crippen MR) is 68.7 cm³/mol. The van der Waals surface area contributed by atoms with E-state index in [4.69, 9.17) is 5.73 Å². The van der Waals surface area contributed by atoms with Crippen LogP contribution in [-0.2, 0) is 4.79 Å². The van der Waals surface area contributed by atoms with Gasteiger partial charge >= 0.3 is 0 Å². The molecule has 1 amide bonds. The van der Waals surface area contributed by atoms with Gasteiger partial charge in [-0.05, 0) is 58.2 Å². The summed E-state index contributed by atoms with van der Waals surface area (Å²) in [6.07, 6.45) is 6.75. The van der Waals surface area contributed by atoms with Crippen LogP contribution in [0.2, 0.25) is 0 Å². The molecule has 1 saturated carbocycles. The number of amides is 1. The van der Waals surface area contributed by atoms with Crippen molar-refractivity contribution in [3.05, 3.63) is 0 Å². The highest BCUT2D eigenvalue weighted by Gasteiger charge is 2.42. The maximum atomic E-state index is 11.8. The molecule has 4 nitrogen and oxygen atoms in total. The number of carbonyl (C=O) groups is 1. The van der Waals surface area contributed by atoms with Crippen LogP contribution in [0.1, 0.15) is 45.4 Å². The molecule has 2 unspecified atom stereocenters. The lowest BCUT2D eigenvalue weighted by atomic mass is 9.77. The maximum Gasteiger partial charge on any atom is 0.237 e. The smallest absolute Gasteiger partial charge is 0.237 e. The largest absolute Gasteiger partial charge is 0.368 e. The zero-order chi connectivity index (χ0) is 12.3. The van der Waals surface area contributed by atoms with E-state index in [-0.39, 0.29) is 5.91 Å². The van der Waals surface area contributed by atoms with Crippen LogP contribution in [0.4, 0.5) is 0 Å². The van der Waals surface area contributed by atoms with E-state index < -0.39 is 5.54 Å². The van der Waals surface area contributed by atoms with Crippen LogP contribution in [-0.4, -0.2) is 42.0 Å². The summed E-state index contributed by atoms with van der Waals surface area (Å²) in [6, 6.07) is 0.554. The van der Waals surface area contributed by atoms with Crippen LogP contribution in [0.25, 0.3) is 0 Å².